The van der Waals surface area contributed by atoms with Gasteiger partial charge < -0.3 is 10.2 Å². The lowest BCUT2D eigenvalue weighted by molar-refractivity contribution is -0.159. The summed E-state index contributed by atoms with van der Waals surface area (Å²) < 4.78 is 1.29. The zero-order valence-electron chi connectivity index (χ0n) is 15.6. The number of fused-ring (bicyclic) bond motifs is 2. The van der Waals surface area contributed by atoms with Crippen LogP contribution in [0.1, 0.15) is 46.7 Å². The van der Waals surface area contributed by atoms with Crippen LogP contribution in [0.2, 0.25) is 0 Å². The molecule has 2 aromatic rings. The third-order valence-electron chi connectivity index (χ3n) is 5.44. The predicted molar refractivity (Wildman–Crippen MR) is 113 cm³/mol. The number of aryl methyl sites for hydroxylation is 1. The van der Waals surface area contributed by atoms with Gasteiger partial charge in [-0.2, -0.15) is 0 Å². The van der Waals surface area contributed by atoms with Gasteiger partial charge in [-0.3, -0.25) is 4.90 Å². The summed E-state index contributed by atoms with van der Waals surface area (Å²) in [7, 11) is 0. The number of carboxylic acid groups (broad SMARTS) is 2. The molecule has 28 heavy (non-hydrogen) atoms. The zero-order chi connectivity index (χ0) is 20.1. The summed E-state index contributed by atoms with van der Waals surface area (Å²) in [5.41, 5.74) is 4.70. The van der Waals surface area contributed by atoms with Crippen LogP contribution >= 0.6 is 27.3 Å². The smallest absolute Gasteiger partial charge is 0.414 e. The highest BCUT2D eigenvalue weighted by atomic mass is 79.9. The monoisotopic (exact) mass is 465 g/mol. The number of aliphatic carboxylic acids is 2. The van der Waals surface area contributed by atoms with Crippen LogP contribution in [0.5, 0.6) is 0 Å². The Bertz CT molecular complexity index is 839. The maximum absolute atomic E-state index is 9.10. The molecule has 150 valence electrons. The Hall–Kier alpha value is -1.70. The van der Waals surface area contributed by atoms with Crippen molar-refractivity contribution in [2.75, 3.05) is 13.1 Å². The Balaban J connectivity index is 0.000000330. The standard InChI is InChI=1S/C19H22BrNS.C2H2O4/c20-18-5-1-4-15-13-21(11-8-16(15)18)10-7-14-3-2-6-19-17(14)9-12-22-19;3-1(4)2(5)6/h1,4-5,9,12,14H,2-3,6-8,10-11,13H2;(H,3,4)(H,5,6). The molecule has 1 aromatic carbocycles. The maximum atomic E-state index is 9.10. The summed E-state index contributed by atoms with van der Waals surface area (Å²) >= 11 is 5.66. The first kappa shape index (κ1) is 21.0. The maximum Gasteiger partial charge on any atom is 0.414 e. The van der Waals surface area contributed by atoms with Gasteiger partial charge >= 0.3 is 11.9 Å². The number of benzene rings is 1. The highest BCUT2D eigenvalue weighted by Crippen LogP contribution is 2.37. The molecule has 0 spiro atoms. The second-order valence-electron chi connectivity index (χ2n) is 7.19. The van der Waals surface area contributed by atoms with Crippen LogP contribution in [0.25, 0.3) is 0 Å². The minimum atomic E-state index is -1.82. The van der Waals surface area contributed by atoms with Crippen molar-refractivity contribution in [3.63, 3.8) is 0 Å². The van der Waals surface area contributed by atoms with Crippen molar-refractivity contribution in [2.24, 2.45) is 0 Å². The van der Waals surface area contributed by atoms with E-state index in [-0.39, 0.29) is 0 Å². The molecule has 0 radical (unpaired) electrons. The van der Waals surface area contributed by atoms with Crippen molar-refractivity contribution in [3.05, 3.63) is 55.7 Å². The first-order chi connectivity index (χ1) is 13.5. The fraction of sp³-hybridized carbons (Fsp3) is 0.429. The van der Waals surface area contributed by atoms with Crippen molar-refractivity contribution in [3.8, 4) is 0 Å². The molecule has 0 fully saturated rings. The van der Waals surface area contributed by atoms with Crippen LogP contribution in [0.15, 0.2) is 34.1 Å². The molecule has 2 heterocycles. The average molecular weight is 466 g/mol. The van der Waals surface area contributed by atoms with E-state index < -0.39 is 11.9 Å². The van der Waals surface area contributed by atoms with Crippen molar-refractivity contribution < 1.29 is 19.8 Å². The molecule has 1 atom stereocenters. The van der Waals surface area contributed by atoms with E-state index in [0.717, 1.165) is 12.5 Å². The molecule has 2 aliphatic rings. The lowest BCUT2D eigenvalue weighted by atomic mass is 9.85. The lowest BCUT2D eigenvalue weighted by Gasteiger charge is -2.31. The van der Waals surface area contributed by atoms with Crippen LogP contribution < -0.4 is 0 Å². The van der Waals surface area contributed by atoms with Crippen molar-refractivity contribution >= 4 is 39.2 Å². The molecule has 5 nitrogen and oxygen atoms in total. The number of rotatable bonds is 3. The van der Waals surface area contributed by atoms with E-state index in [2.05, 4.69) is 50.5 Å². The minimum Gasteiger partial charge on any atom is -0.473 e. The predicted octanol–water partition coefficient (Wildman–Crippen LogP) is 4.53. The number of halogens is 1. The molecule has 1 aliphatic heterocycles. The summed E-state index contributed by atoms with van der Waals surface area (Å²) in [6, 6.07) is 9.02. The third-order valence-corrected chi connectivity index (χ3v) is 7.18. The van der Waals surface area contributed by atoms with Crippen LogP contribution in [0.3, 0.4) is 0 Å². The molecule has 1 aromatic heterocycles. The number of nitrogens with zero attached hydrogens (tertiary/aromatic N) is 1. The molecule has 2 N–H and O–H groups in total. The van der Waals surface area contributed by atoms with E-state index >= 15 is 0 Å². The number of carboxylic acids is 2. The van der Waals surface area contributed by atoms with E-state index in [1.807, 2.05) is 11.3 Å². The molecular formula is C21H24BrNO4S. The van der Waals surface area contributed by atoms with E-state index in [0.29, 0.717) is 0 Å². The van der Waals surface area contributed by atoms with Gasteiger partial charge in [0, 0.05) is 22.4 Å². The van der Waals surface area contributed by atoms with Crippen LogP contribution in [-0.4, -0.2) is 40.1 Å². The highest BCUT2D eigenvalue weighted by Gasteiger charge is 2.23. The number of thiophene rings is 1. The lowest BCUT2D eigenvalue weighted by Crippen LogP contribution is -2.32. The first-order valence-corrected chi connectivity index (χ1v) is 11.1. The van der Waals surface area contributed by atoms with Gasteiger partial charge in [0.2, 0.25) is 0 Å². The molecular weight excluding hydrogens is 442 g/mol. The average Bonchev–Trinajstić information content (AvgIpc) is 3.16. The fourth-order valence-electron chi connectivity index (χ4n) is 4.03. The summed E-state index contributed by atoms with van der Waals surface area (Å²) in [6.45, 7) is 3.57. The number of hydrogen-bond donors (Lipinski definition) is 2. The minimum absolute atomic E-state index is 0.805. The number of carbonyl (C=O) groups is 2. The molecule has 0 amide bonds. The molecule has 7 heteroatoms. The Morgan fingerprint density at radius 3 is 2.71 bits per heavy atom. The van der Waals surface area contributed by atoms with Crippen molar-refractivity contribution in [1.82, 2.24) is 4.90 Å². The fourth-order valence-corrected chi connectivity index (χ4v) is 5.65. The van der Waals surface area contributed by atoms with Crippen molar-refractivity contribution in [1.29, 1.82) is 0 Å². The molecule has 0 bridgehead atoms. The van der Waals surface area contributed by atoms with E-state index in [1.54, 1.807) is 10.4 Å². The summed E-state index contributed by atoms with van der Waals surface area (Å²) in [5.74, 6) is -2.84. The van der Waals surface area contributed by atoms with Crippen molar-refractivity contribution in [2.45, 2.75) is 44.6 Å². The SMILES string of the molecule is Brc1cccc2c1CCN(CCC1CCCc3sccc31)C2.O=C(O)C(=O)O. The van der Waals surface area contributed by atoms with E-state index in [1.165, 1.54) is 60.8 Å². The summed E-state index contributed by atoms with van der Waals surface area (Å²) in [6.07, 6.45) is 6.60. The van der Waals surface area contributed by atoms with Gasteiger partial charge in [0.1, 0.15) is 0 Å². The molecule has 0 saturated carbocycles. The van der Waals surface area contributed by atoms with Gasteiger partial charge in [-0.05, 0) is 78.8 Å². The Morgan fingerprint density at radius 1 is 1.18 bits per heavy atom. The Kier molecular flexibility index (Phi) is 7.26. The Labute approximate surface area is 177 Å². The van der Waals surface area contributed by atoms with Gasteiger partial charge in [0.05, 0.1) is 0 Å². The van der Waals surface area contributed by atoms with Gasteiger partial charge in [-0.1, -0.05) is 28.1 Å². The van der Waals surface area contributed by atoms with Crippen LogP contribution in [0, 0.1) is 0 Å². The van der Waals surface area contributed by atoms with E-state index in [4.69, 9.17) is 19.8 Å². The molecule has 4 rings (SSSR count). The molecule has 0 saturated heterocycles. The topological polar surface area (TPSA) is 77.8 Å². The third kappa shape index (κ3) is 5.21. The van der Waals surface area contributed by atoms with E-state index in [9.17, 15) is 0 Å². The van der Waals surface area contributed by atoms with Crippen LogP contribution in [0.4, 0.5) is 0 Å². The summed E-state index contributed by atoms with van der Waals surface area (Å²) in [5, 5.41) is 17.1. The highest BCUT2D eigenvalue weighted by molar-refractivity contribution is 9.10. The largest absolute Gasteiger partial charge is 0.473 e. The van der Waals surface area contributed by atoms with Gasteiger partial charge in [-0.15, -0.1) is 11.3 Å². The van der Waals surface area contributed by atoms with Gasteiger partial charge in [0.15, 0.2) is 0 Å². The van der Waals surface area contributed by atoms with Gasteiger partial charge in [0.25, 0.3) is 0 Å². The van der Waals surface area contributed by atoms with Gasteiger partial charge in [-0.25, -0.2) is 9.59 Å². The Morgan fingerprint density at radius 2 is 1.96 bits per heavy atom. The quantitative estimate of drug-likeness (QED) is 0.650. The first-order valence-electron chi connectivity index (χ1n) is 9.46. The van der Waals surface area contributed by atoms with Crippen LogP contribution in [-0.2, 0) is 29.0 Å². The normalized spacial score (nSPS) is 18.4. The number of hydrogen-bond acceptors (Lipinski definition) is 4. The molecule has 1 unspecified atom stereocenters. The zero-order valence-corrected chi connectivity index (χ0v) is 18.0. The second kappa shape index (κ2) is 9.67. The summed E-state index contributed by atoms with van der Waals surface area (Å²) in [4.78, 5) is 22.5. The second-order valence-corrected chi connectivity index (χ2v) is 9.05. The molecule has 1 aliphatic carbocycles.